The zero-order valence-electron chi connectivity index (χ0n) is 35.8. The summed E-state index contributed by atoms with van der Waals surface area (Å²) in [7, 11) is 0. The maximum absolute atomic E-state index is 12.9. The number of hydrogen-bond donors (Lipinski definition) is 6. The highest BCUT2D eigenvalue weighted by atomic mass is 16.7. The minimum absolute atomic E-state index is 0.147. The van der Waals surface area contributed by atoms with Gasteiger partial charge in [0, 0.05) is 6.42 Å². The Bertz CT molecular complexity index is 1120. The number of unbranched alkanes of at least 4 members (excludes halogenated alkanes) is 14. The van der Waals surface area contributed by atoms with Crippen molar-refractivity contribution in [2.45, 2.75) is 211 Å². The lowest BCUT2D eigenvalue weighted by Gasteiger charge is -2.40. The van der Waals surface area contributed by atoms with E-state index in [2.05, 4.69) is 92.1 Å². The Morgan fingerprint density at radius 1 is 0.614 bits per heavy atom. The van der Waals surface area contributed by atoms with Gasteiger partial charge in [0.25, 0.3) is 0 Å². The monoisotopic (exact) mass is 802 g/mol. The lowest BCUT2D eigenvalue weighted by molar-refractivity contribution is -0.302. The van der Waals surface area contributed by atoms with Crippen LogP contribution in [0.1, 0.15) is 168 Å². The van der Waals surface area contributed by atoms with Gasteiger partial charge >= 0.3 is 0 Å². The van der Waals surface area contributed by atoms with Gasteiger partial charge in [0.1, 0.15) is 24.4 Å². The average Bonchev–Trinajstić information content (AvgIpc) is 3.21. The molecule has 0 aliphatic carbocycles. The number of carbonyl (C=O) groups excluding carboxylic acids is 1. The summed E-state index contributed by atoms with van der Waals surface area (Å²) in [5.41, 5.74) is 0. The van der Waals surface area contributed by atoms with E-state index in [4.69, 9.17) is 9.47 Å². The van der Waals surface area contributed by atoms with Crippen molar-refractivity contribution in [1.82, 2.24) is 5.32 Å². The van der Waals surface area contributed by atoms with Crippen molar-refractivity contribution in [2.75, 3.05) is 13.2 Å². The minimum Gasteiger partial charge on any atom is -0.394 e. The van der Waals surface area contributed by atoms with Crippen LogP contribution in [0, 0.1) is 0 Å². The van der Waals surface area contributed by atoms with Gasteiger partial charge in [-0.1, -0.05) is 170 Å². The Hall–Kier alpha value is -2.37. The maximum atomic E-state index is 12.9. The number of rotatable bonds is 36. The summed E-state index contributed by atoms with van der Waals surface area (Å²) in [5.74, 6) is -0.162. The second-order valence-corrected chi connectivity index (χ2v) is 15.5. The van der Waals surface area contributed by atoms with Gasteiger partial charge in [-0.15, -0.1) is 0 Å². The van der Waals surface area contributed by atoms with E-state index < -0.39 is 49.5 Å². The molecule has 1 aliphatic heterocycles. The molecule has 0 aromatic rings. The Labute approximate surface area is 347 Å². The molecular formula is C48H83NO8. The summed E-state index contributed by atoms with van der Waals surface area (Å²) >= 11 is 0. The fraction of sp³-hybridized carbons (Fsp3) is 0.729. The number of aliphatic hydroxyl groups is 5. The van der Waals surface area contributed by atoms with E-state index in [1.165, 1.54) is 51.4 Å². The van der Waals surface area contributed by atoms with Crippen LogP contribution < -0.4 is 5.32 Å². The summed E-state index contributed by atoms with van der Waals surface area (Å²) < 4.78 is 11.2. The van der Waals surface area contributed by atoms with Crippen molar-refractivity contribution in [3.8, 4) is 0 Å². The lowest BCUT2D eigenvalue weighted by atomic mass is 9.99. The zero-order chi connectivity index (χ0) is 41.6. The molecular weight excluding hydrogens is 719 g/mol. The topological polar surface area (TPSA) is 149 Å². The van der Waals surface area contributed by atoms with Crippen LogP contribution in [-0.4, -0.2) is 87.5 Å². The Morgan fingerprint density at radius 3 is 1.61 bits per heavy atom. The number of nitrogens with one attached hydrogen (secondary N) is 1. The largest absolute Gasteiger partial charge is 0.394 e. The maximum Gasteiger partial charge on any atom is 0.220 e. The van der Waals surface area contributed by atoms with Crippen molar-refractivity contribution >= 4 is 5.91 Å². The van der Waals surface area contributed by atoms with Gasteiger partial charge in [-0.05, 0) is 64.2 Å². The van der Waals surface area contributed by atoms with Gasteiger partial charge in [0.05, 0.1) is 25.4 Å². The molecule has 0 bridgehead atoms. The molecule has 1 saturated heterocycles. The van der Waals surface area contributed by atoms with Gasteiger partial charge in [-0.2, -0.15) is 0 Å². The smallest absolute Gasteiger partial charge is 0.220 e. The molecule has 9 nitrogen and oxygen atoms in total. The molecule has 9 heteroatoms. The molecule has 0 saturated carbocycles. The highest BCUT2D eigenvalue weighted by molar-refractivity contribution is 5.76. The van der Waals surface area contributed by atoms with Crippen LogP contribution in [-0.2, 0) is 14.3 Å². The second-order valence-electron chi connectivity index (χ2n) is 15.5. The lowest BCUT2D eigenvalue weighted by Crippen LogP contribution is -2.60. The Kier molecular flexibility index (Phi) is 35.0. The number of hydrogen-bond acceptors (Lipinski definition) is 8. The van der Waals surface area contributed by atoms with E-state index in [1.54, 1.807) is 0 Å². The van der Waals surface area contributed by atoms with E-state index in [0.717, 1.165) is 89.9 Å². The molecule has 0 spiro atoms. The van der Waals surface area contributed by atoms with Crippen molar-refractivity contribution < 1.29 is 39.8 Å². The number of carbonyl (C=O) groups is 1. The van der Waals surface area contributed by atoms with Crippen LogP contribution in [0.5, 0.6) is 0 Å². The Morgan fingerprint density at radius 2 is 1.09 bits per heavy atom. The van der Waals surface area contributed by atoms with Gasteiger partial charge in [-0.25, -0.2) is 0 Å². The predicted molar refractivity (Wildman–Crippen MR) is 235 cm³/mol. The zero-order valence-corrected chi connectivity index (χ0v) is 35.8. The summed E-state index contributed by atoms with van der Waals surface area (Å²) in [6.07, 6.45) is 43.6. The molecule has 1 amide bonds. The summed E-state index contributed by atoms with van der Waals surface area (Å²) in [4.78, 5) is 12.9. The fourth-order valence-electron chi connectivity index (χ4n) is 6.69. The van der Waals surface area contributed by atoms with Crippen LogP contribution in [0.3, 0.4) is 0 Å². The molecule has 7 atom stereocenters. The van der Waals surface area contributed by atoms with Crippen molar-refractivity contribution in [3.05, 3.63) is 72.9 Å². The number of ether oxygens (including phenoxy) is 2. The molecule has 1 rings (SSSR count). The molecule has 7 unspecified atom stereocenters. The van der Waals surface area contributed by atoms with Gasteiger partial charge in [0.2, 0.25) is 5.91 Å². The standard InChI is InChI=1S/C48H83NO8/c1-3-5-7-9-11-12-13-14-15-16-17-18-19-20-21-22-23-24-25-26-27-28-29-30-32-34-36-38-44(52)49-41(42(51)37-35-33-31-10-8-6-4-2)40-56-48-47(55)46(54)45(53)43(39-50)57-48/h5,7,11-12,14-15,17-18,20-21,23-24,41-43,45-48,50-51,53-55H,3-4,6,8-10,13,16,19,22,25-40H2,1-2H3,(H,49,52)/b7-5-,12-11-,15-14-,18-17-,21-20-,24-23-. The second kappa shape index (κ2) is 37.9. The first kappa shape index (κ1) is 52.6. The number of amides is 1. The van der Waals surface area contributed by atoms with Crippen LogP contribution in [0.4, 0.5) is 0 Å². The average molecular weight is 802 g/mol. The third kappa shape index (κ3) is 28.7. The SMILES string of the molecule is CC/C=C\C/C=C\C/C=C\C/C=C\C/C=C\C/C=C\CCCCCCCCCCC(=O)NC(COC1OC(CO)C(O)C(O)C1O)C(O)CCCCCCCCC. The highest BCUT2D eigenvalue weighted by Gasteiger charge is 2.44. The first-order chi connectivity index (χ1) is 27.8. The third-order valence-electron chi connectivity index (χ3n) is 10.3. The highest BCUT2D eigenvalue weighted by Crippen LogP contribution is 2.23. The first-order valence-electron chi connectivity index (χ1n) is 22.6. The molecule has 0 radical (unpaired) electrons. The van der Waals surface area contributed by atoms with E-state index in [-0.39, 0.29) is 12.5 Å². The molecule has 0 aromatic heterocycles. The van der Waals surface area contributed by atoms with E-state index in [1.807, 2.05) is 0 Å². The van der Waals surface area contributed by atoms with Crippen molar-refractivity contribution in [1.29, 1.82) is 0 Å². The Balaban J connectivity index is 2.20. The number of aliphatic hydroxyl groups excluding tert-OH is 5. The van der Waals surface area contributed by atoms with E-state index in [9.17, 15) is 30.3 Å². The van der Waals surface area contributed by atoms with Gasteiger partial charge < -0.3 is 40.3 Å². The summed E-state index contributed by atoms with van der Waals surface area (Å²) in [5, 5.41) is 54.0. The van der Waals surface area contributed by atoms with E-state index >= 15 is 0 Å². The quantitative estimate of drug-likeness (QED) is 0.0271. The minimum atomic E-state index is -1.56. The molecule has 0 aromatic carbocycles. The van der Waals surface area contributed by atoms with Gasteiger partial charge in [-0.3, -0.25) is 4.79 Å². The van der Waals surface area contributed by atoms with Crippen LogP contribution >= 0.6 is 0 Å². The van der Waals surface area contributed by atoms with Crippen molar-refractivity contribution in [3.63, 3.8) is 0 Å². The van der Waals surface area contributed by atoms with Crippen molar-refractivity contribution in [2.24, 2.45) is 0 Å². The molecule has 1 fully saturated rings. The van der Waals surface area contributed by atoms with Crippen LogP contribution in [0.2, 0.25) is 0 Å². The van der Waals surface area contributed by atoms with E-state index in [0.29, 0.717) is 12.8 Å². The molecule has 328 valence electrons. The predicted octanol–water partition coefficient (Wildman–Crippen LogP) is 9.39. The molecule has 57 heavy (non-hydrogen) atoms. The first-order valence-corrected chi connectivity index (χ1v) is 22.6. The van der Waals surface area contributed by atoms with Crippen LogP contribution in [0.25, 0.3) is 0 Å². The fourth-order valence-corrected chi connectivity index (χ4v) is 6.69. The normalized spacial score (nSPS) is 21.7. The third-order valence-corrected chi connectivity index (χ3v) is 10.3. The van der Waals surface area contributed by atoms with Crippen LogP contribution in [0.15, 0.2) is 72.9 Å². The van der Waals surface area contributed by atoms with Gasteiger partial charge in [0.15, 0.2) is 6.29 Å². The molecule has 1 heterocycles. The number of allylic oxidation sites excluding steroid dienone is 12. The molecule has 1 aliphatic rings. The summed E-state index contributed by atoms with van der Waals surface area (Å²) in [6, 6.07) is -0.724. The summed E-state index contributed by atoms with van der Waals surface area (Å²) in [6.45, 7) is 3.64. The molecule has 6 N–H and O–H groups in total.